The summed E-state index contributed by atoms with van der Waals surface area (Å²) in [7, 11) is 4.26. The molecule has 0 saturated carbocycles. The highest BCUT2D eigenvalue weighted by Crippen LogP contribution is 2.22. The highest BCUT2D eigenvalue weighted by Gasteiger charge is 2.19. The van der Waals surface area contributed by atoms with Crippen LogP contribution in [0.3, 0.4) is 0 Å². The van der Waals surface area contributed by atoms with Crippen LogP contribution in [0.2, 0.25) is 0 Å². The van der Waals surface area contributed by atoms with Gasteiger partial charge >= 0.3 is 0 Å². The lowest BCUT2D eigenvalue weighted by molar-refractivity contribution is 0.229. The maximum absolute atomic E-state index is 5.83. The zero-order chi connectivity index (χ0) is 14.5. The van der Waals surface area contributed by atoms with Crippen LogP contribution in [0.15, 0.2) is 12.3 Å². The Labute approximate surface area is 122 Å². The minimum absolute atomic E-state index is 0.559. The molecular formula is C15H27N5. The van der Waals surface area contributed by atoms with E-state index in [4.69, 9.17) is 5.73 Å². The van der Waals surface area contributed by atoms with E-state index in [-0.39, 0.29) is 0 Å². The fourth-order valence-corrected chi connectivity index (χ4v) is 2.58. The van der Waals surface area contributed by atoms with Crippen molar-refractivity contribution in [2.75, 3.05) is 58.3 Å². The number of aryl methyl sites for hydroxylation is 1. The molecule has 1 aliphatic rings. The second-order valence-electron chi connectivity index (χ2n) is 5.79. The first-order valence-corrected chi connectivity index (χ1v) is 7.38. The van der Waals surface area contributed by atoms with Gasteiger partial charge in [-0.3, -0.25) is 9.88 Å². The lowest BCUT2D eigenvalue weighted by Crippen LogP contribution is -2.48. The second kappa shape index (κ2) is 7.02. The van der Waals surface area contributed by atoms with Crippen LogP contribution in [-0.4, -0.2) is 68.1 Å². The van der Waals surface area contributed by atoms with Gasteiger partial charge in [-0.05, 0) is 27.1 Å². The Balaban J connectivity index is 1.95. The number of rotatable bonds is 5. The fourth-order valence-electron chi connectivity index (χ4n) is 2.58. The van der Waals surface area contributed by atoms with Crippen molar-refractivity contribution in [1.82, 2.24) is 14.8 Å². The summed E-state index contributed by atoms with van der Waals surface area (Å²) in [6, 6.07) is 2.16. The molecule has 2 heterocycles. The molecule has 5 nitrogen and oxygen atoms in total. The van der Waals surface area contributed by atoms with Gasteiger partial charge in [0, 0.05) is 69.0 Å². The average Bonchev–Trinajstić information content (AvgIpc) is 2.45. The van der Waals surface area contributed by atoms with E-state index < -0.39 is 0 Å². The molecule has 0 atom stereocenters. The smallest absolute Gasteiger partial charge is 0.0446 e. The summed E-state index contributed by atoms with van der Waals surface area (Å²) in [5.74, 6) is 0. The van der Waals surface area contributed by atoms with Gasteiger partial charge in [0.2, 0.25) is 0 Å². The van der Waals surface area contributed by atoms with E-state index in [0.717, 1.165) is 50.5 Å². The molecule has 0 aliphatic carbocycles. The van der Waals surface area contributed by atoms with E-state index in [2.05, 4.69) is 39.8 Å². The normalized spacial score (nSPS) is 16.9. The van der Waals surface area contributed by atoms with Crippen molar-refractivity contribution in [2.45, 2.75) is 13.5 Å². The Bertz CT molecular complexity index is 424. The summed E-state index contributed by atoms with van der Waals surface area (Å²) in [5, 5.41) is 0. The van der Waals surface area contributed by atoms with Crippen LogP contribution in [0, 0.1) is 6.92 Å². The molecule has 0 radical (unpaired) electrons. The van der Waals surface area contributed by atoms with Gasteiger partial charge in [-0.15, -0.1) is 0 Å². The molecule has 0 spiro atoms. The number of pyridine rings is 1. The minimum Gasteiger partial charge on any atom is -0.369 e. The van der Waals surface area contributed by atoms with Crippen molar-refractivity contribution in [3.8, 4) is 0 Å². The predicted molar refractivity (Wildman–Crippen MR) is 84.1 cm³/mol. The number of anilines is 1. The molecule has 1 saturated heterocycles. The van der Waals surface area contributed by atoms with Gasteiger partial charge < -0.3 is 15.5 Å². The number of nitrogens with zero attached hydrogens (tertiary/aromatic N) is 4. The zero-order valence-corrected chi connectivity index (χ0v) is 13.0. The predicted octanol–water partition coefficient (Wildman–Crippen LogP) is 0.532. The van der Waals surface area contributed by atoms with Crippen molar-refractivity contribution < 1.29 is 0 Å². The molecule has 112 valence electrons. The molecule has 0 aromatic carbocycles. The standard InChI is InChI=1S/C15H27N5/c1-13-10-15(14(11-16)12-17-13)20-8-6-19(7-9-20)5-4-18(2)3/h10,12H,4-9,11,16H2,1-3H3. The maximum atomic E-state index is 5.83. The van der Waals surface area contributed by atoms with Gasteiger partial charge in [0.1, 0.15) is 0 Å². The van der Waals surface area contributed by atoms with Crippen LogP contribution < -0.4 is 10.6 Å². The molecule has 1 aromatic heterocycles. The van der Waals surface area contributed by atoms with Gasteiger partial charge in [-0.1, -0.05) is 0 Å². The Kier molecular flexibility index (Phi) is 5.34. The summed E-state index contributed by atoms with van der Waals surface area (Å²) >= 11 is 0. The van der Waals surface area contributed by atoms with Gasteiger partial charge in [0.25, 0.3) is 0 Å². The van der Waals surface area contributed by atoms with Gasteiger partial charge in [-0.2, -0.15) is 0 Å². The van der Waals surface area contributed by atoms with Crippen LogP contribution >= 0.6 is 0 Å². The Morgan fingerprint density at radius 1 is 1.25 bits per heavy atom. The number of likely N-dealkylation sites (N-methyl/N-ethyl adjacent to an activating group) is 1. The molecule has 2 N–H and O–H groups in total. The van der Waals surface area contributed by atoms with Crippen molar-refractivity contribution in [3.63, 3.8) is 0 Å². The molecule has 1 fully saturated rings. The van der Waals surface area contributed by atoms with Crippen LogP contribution in [0.25, 0.3) is 0 Å². The van der Waals surface area contributed by atoms with E-state index in [1.54, 1.807) is 0 Å². The van der Waals surface area contributed by atoms with Gasteiger partial charge in [0.15, 0.2) is 0 Å². The van der Waals surface area contributed by atoms with E-state index in [0.29, 0.717) is 6.54 Å². The van der Waals surface area contributed by atoms with Crippen molar-refractivity contribution in [2.24, 2.45) is 5.73 Å². The average molecular weight is 277 g/mol. The molecule has 20 heavy (non-hydrogen) atoms. The summed E-state index contributed by atoms with van der Waals surface area (Å²) in [6.45, 7) is 9.27. The van der Waals surface area contributed by atoms with Gasteiger partial charge in [-0.25, -0.2) is 0 Å². The third-order valence-electron chi connectivity index (χ3n) is 3.89. The third kappa shape index (κ3) is 3.91. The van der Waals surface area contributed by atoms with Crippen LogP contribution in [0.4, 0.5) is 5.69 Å². The highest BCUT2D eigenvalue weighted by atomic mass is 15.3. The fraction of sp³-hybridized carbons (Fsp3) is 0.667. The molecule has 1 aliphatic heterocycles. The van der Waals surface area contributed by atoms with E-state index in [9.17, 15) is 0 Å². The van der Waals surface area contributed by atoms with Crippen LogP contribution in [0.1, 0.15) is 11.3 Å². The third-order valence-corrected chi connectivity index (χ3v) is 3.89. The molecule has 2 rings (SSSR count). The summed E-state index contributed by atoms with van der Waals surface area (Å²) in [4.78, 5) is 11.6. The molecule has 1 aromatic rings. The SMILES string of the molecule is Cc1cc(N2CCN(CCN(C)C)CC2)c(CN)cn1. The Morgan fingerprint density at radius 2 is 1.95 bits per heavy atom. The monoisotopic (exact) mass is 277 g/mol. The van der Waals surface area contributed by atoms with Crippen molar-refractivity contribution >= 4 is 5.69 Å². The zero-order valence-electron chi connectivity index (χ0n) is 13.0. The van der Waals surface area contributed by atoms with E-state index >= 15 is 0 Å². The molecule has 0 unspecified atom stereocenters. The van der Waals surface area contributed by atoms with Crippen molar-refractivity contribution in [3.05, 3.63) is 23.5 Å². The largest absolute Gasteiger partial charge is 0.369 e. The first kappa shape index (κ1) is 15.2. The first-order chi connectivity index (χ1) is 9.60. The highest BCUT2D eigenvalue weighted by molar-refractivity contribution is 5.54. The van der Waals surface area contributed by atoms with E-state index in [1.165, 1.54) is 5.69 Å². The van der Waals surface area contributed by atoms with Gasteiger partial charge in [0.05, 0.1) is 0 Å². The quantitative estimate of drug-likeness (QED) is 0.851. The number of hydrogen-bond acceptors (Lipinski definition) is 5. The summed E-state index contributed by atoms with van der Waals surface area (Å²) in [6.07, 6.45) is 1.92. The van der Waals surface area contributed by atoms with E-state index in [1.807, 2.05) is 13.1 Å². The summed E-state index contributed by atoms with van der Waals surface area (Å²) < 4.78 is 0. The maximum Gasteiger partial charge on any atom is 0.0446 e. The van der Waals surface area contributed by atoms with Crippen LogP contribution in [-0.2, 0) is 6.54 Å². The molecule has 5 heteroatoms. The van der Waals surface area contributed by atoms with Crippen LogP contribution in [0.5, 0.6) is 0 Å². The number of nitrogens with two attached hydrogens (primary N) is 1. The lowest BCUT2D eigenvalue weighted by Gasteiger charge is -2.37. The summed E-state index contributed by atoms with van der Waals surface area (Å²) in [5.41, 5.74) is 9.32. The topological polar surface area (TPSA) is 48.6 Å². The Morgan fingerprint density at radius 3 is 2.55 bits per heavy atom. The number of piperazine rings is 1. The molecule has 0 bridgehead atoms. The molecular weight excluding hydrogens is 250 g/mol. The molecule has 0 amide bonds. The minimum atomic E-state index is 0.559. The number of hydrogen-bond donors (Lipinski definition) is 1. The first-order valence-electron chi connectivity index (χ1n) is 7.38. The number of aromatic nitrogens is 1. The second-order valence-corrected chi connectivity index (χ2v) is 5.79. The Hall–Kier alpha value is -1.17. The van der Waals surface area contributed by atoms with Crippen molar-refractivity contribution in [1.29, 1.82) is 0 Å². The lowest BCUT2D eigenvalue weighted by atomic mass is 10.1.